The van der Waals surface area contributed by atoms with E-state index in [1.54, 1.807) is 0 Å². The number of aromatic nitrogens is 2. The first-order valence-electron chi connectivity index (χ1n) is 10.1. The van der Waals surface area contributed by atoms with Gasteiger partial charge in [-0.1, -0.05) is 38.1 Å². The van der Waals surface area contributed by atoms with E-state index in [0.717, 1.165) is 48.4 Å². The van der Waals surface area contributed by atoms with E-state index in [9.17, 15) is 4.79 Å². The van der Waals surface area contributed by atoms with Crippen LogP contribution in [-0.2, 0) is 24.2 Å². The minimum atomic E-state index is 0.0742. The summed E-state index contributed by atoms with van der Waals surface area (Å²) in [6.07, 6.45) is 3.16. The Morgan fingerprint density at radius 2 is 1.89 bits per heavy atom. The van der Waals surface area contributed by atoms with Gasteiger partial charge in [0.1, 0.15) is 11.6 Å². The Hall–Kier alpha value is -2.82. The van der Waals surface area contributed by atoms with E-state index in [2.05, 4.69) is 35.0 Å². The molecule has 0 aliphatic carbocycles. The van der Waals surface area contributed by atoms with E-state index < -0.39 is 0 Å². The number of hydrogen-bond acceptors (Lipinski definition) is 3. The summed E-state index contributed by atoms with van der Waals surface area (Å²) in [7, 11) is 0. The summed E-state index contributed by atoms with van der Waals surface area (Å²) in [6, 6.07) is 16.5. The number of carbonyl (C=O) groups is 1. The Kier molecular flexibility index (Phi) is 7.06. The van der Waals surface area contributed by atoms with Gasteiger partial charge in [-0.15, -0.1) is 0 Å². The van der Waals surface area contributed by atoms with Gasteiger partial charge in [-0.05, 0) is 42.7 Å². The zero-order chi connectivity index (χ0) is 19.8. The molecule has 0 spiro atoms. The van der Waals surface area contributed by atoms with E-state index in [0.29, 0.717) is 19.6 Å². The molecule has 3 rings (SSSR count). The van der Waals surface area contributed by atoms with E-state index >= 15 is 0 Å². The van der Waals surface area contributed by atoms with Crippen molar-refractivity contribution in [3.05, 3.63) is 59.9 Å². The van der Waals surface area contributed by atoms with Gasteiger partial charge in [-0.25, -0.2) is 4.98 Å². The zero-order valence-corrected chi connectivity index (χ0v) is 16.8. The lowest BCUT2D eigenvalue weighted by Gasteiger charge is -2.11. The van der Waals surface area contributed by atoms with Gasteiger partial charge < -0.3 is 14.6 Å². The molecule has 1 aromatic heterocycles. The number of benzene rings is 2. The number of imidazole rings is 1. The van der Waals surface area contributed by atoms with Gasteiger partial charge in [-0.2, -0.15) is 0 Å². The minimum Gasteiger partial charge on any atom is -0.494 e. The fourth-order valence-corrected chi connectivity index (χ4v) is 3.24. The van der Waals surface area contributed by atoms with Crippen LogP contribution in [0.15, 0.2) is 48.5 Å². The third-order valence-corrected chi connectivity index (χ3v) is 4.85. The molecular weight excluding hydrogens is 350 g/mol. The Morgan fingerprint density at radius 1 is 1.11 bits per heavy atom. The molecule has 0 bridgehead atoms. The average Bonchev–Trinajstić information content (AvgIpc) is 3.09. The highest BCUT2D eigenvalue weighted by atomic mass is 16.5. The second kappa shape index (κ2) is 9.93. The van der Waals surface area contributed by atoms with Crippen LogP contribution in [0, 0.1) is 0 Å². The Morgan fingerprint density at radius 3 is 2.64 bits per heavy atom. The van der Waals surface area contributed by atoms with Crippen molar-refractivity contribution in [2.75, 3.05) is 13.2 Å². The summed E-state index contributed by atoms with van der Waals surface area (Å²) in [5.41, 5.74) is 3.44. The van der Waals surface area contributed by atoms with Gasteiger partial charge in [-0.3, -0.25) is 4.79 Å². The van der Waals surface area contributed by atoms with Crippen LogP contribution in [0.3, 0.4) is 0 Å². The largest absolute Gasteiger partial charge is 0.494 e. The first kappa shape index (κ1) is 19.9. The summed E-state index contributed by atoms with van der Waals surface area (Å²) >= 11 is 0. The number of rotatable bonds is 10. The number of nitrogens with zero attached hydrogens (tertiary/aromatic N) is 2. The second-order valence-corrected chi connectivity index (χ2v) is 6.82. The third kappa shape index (κ3) is 5.12. The molecule has 3 aromatic rings. The summed E-state index contributed by atoms with van der Waals surface area (Å²) in [5.74, 6) is 1.99. The highest BCUT2D eigenvalue weighted by Gasteiger charge is 2.10. The van der Waals surface area contributed by atoms with Crippen molar-refractivity contribution in [2.24, 2.45) is 0 Å². The Bertz CT molecular complexity index is 900. The first-order valence-corrected chi connectivity index (χ1v) is 10.1. The SMILES string of the molecule is CCC(=O)NCCc1nc2ccccc2n1CCCOc1ccc(CC)cc1. The van der Waals surface area contributed by atoms with E-state index in [-0.39, 0.29) is 5.91 Å². The van der Waals surface area contributed by atoms with Crippen LogP contribution >= 0.6 is 0 Å². The molecule has 5 nitrogen and oxygen atoms in total. The number of nitrogens with one attached hydrogen (secondary N) is 1. The standard InChI is InChI=1S/C23H29N3O2/c1-3-18-10-12-19(13-11-18)28-17-7-16-26-21-9-6-5-8-20(21)25-22(26)14-15-24-23(27)4-2/h5-6,8-13H,3-4,7,14-17H2,1-2H3,(H,24,27). The molecule has 28 heavy (non-hydrogen) atoms. The molecule has 1 heterocycles. The minimum absolute atomic E-state index is 0.0742. The van der Waals surface area contributed by atoms with Crippen molar-refractivity contribution in [2.45, 2.75) is 46.1 Å². The summed E-state index contributed by atoms with van der Waals surface area (Å²) in [6.45, 7) is 6.11. The lowest BCUT2D eigenvalue weighted by Crippen LogP contribution is -2.25. The molecule has 0 fully saturated rings. The van der Waals surface area contributed by atoms with Crippen LogP contribution in [0.2, 0.25) is 0 Å². The van der Waals surface area contributed by atoms with Crippen LogP contribution in [0.5, 0.6) is 5.75 Å². The van der Waals surface area contributed by atoms with Crippen LogP contribution < -0.4 is 10.1 Å². The molecule has 0 saturated carbocycles. The lowest BCUT2D eigenvalue weighted by atomic mass is 10.2. The van der Waals surface area contributed by atoms with E-state index in [4.69, 9.17) is 9.72 Å². The molecular formula is C23H29N3O2. The third-order valence-electron chi connectivity index (χ3n) is 4.85. The Labute approximate surface area is 166 Å². The van der Waals surface area contributed by atoms with Gasteiger partial charge in [0.2, 0.25) is 5.91 Å². The van der Waals surface area contributed by atoms with Gasteiger partial charge >= 0.3 is 0 Å². The molecule has 0 aliphatic rings. The maximum atomic E-state index is 11.5. The molecule has 0 aliphatic heterocycles. The number of amides is 1. The monoisotopic (exact) mass is 379 g/mol. The molecule has 0 unspecified atom stereocenters. The molecule has 0 radical (unpaired) electrons. The van der Waals surface area contributed by atoms with E-state index in [1.807, 2.05) is 37.3 Å². The summed E-state index contributed by atoms with van der Waals surface area (Å²) < 4.78 is 8.14. The first-order chi connectivity index (χ1) is 13.7. The average molecular weight is 380 g/mol. The number of ether oxygens (including phenoxy) is 1. The molecule has 1 N–H and O–H groups in total. The Balaban J connectivity index is 1.60. The highest BCUT2D eigenvalue weighted by molar-refractivity contribution is 5.76. The lowest BCUT2D eigenvalue weighted by molar-refractivity contribution is -0.120. The number of hydrogen-bond donors (Lipinski definition) is 1. The molecule has 5 heteroatoms. The number of aryl methyl sites for hydroxylation is 2. The predicted molar refractivity (Wildman–Crippen MR) is 113 cm³/mol. The van der Waals surface area contributed by atoms with Crippen LogP contribution in [-0.4, -0.2) is 28.6 Å². The number of carbonyl (C=O) groups excluding carboxylic acids is 1. The van der Waals surface area contributed by atoms with Gasteiger partial charge in [0.05, 0.1) is 17.6 Å². The van der Waals surface area contributed by atoms with Crippen molar-refractivity contribution in [1.82, 2.24) is 14.9 Å². The van der Waals surface area contributed by atoms with Crippen molar-refractivity contribution in [3.8, 4) is 5.75 Å². The molecule has 1 amide bonds. The van der Waals surface area contributed by atoms with Crippen LogP contribution in [0.1, 0.15) is 38.1 Å². The quantitative estimate of drug-likeness (QED) is 0.539. The summed E-state index contributed by atoms with van der Waals surface area (Å²) in [5, 5.41) is 2.93. The van der Waals surface area contributed by atoms with Crippen molar-refractivity contribution in [1.29, 1.82) is 0 Å². The van der Waals surface area contributed by atoms with Crippen molar-refractivity contribution >= 4 is 16.9 Å². The molecule has 0 saturated heterocycles. The molecule has 0 atom stereocenters. The maximum absolute atomic E-state index is 11.5. The van der Waals surface area contributed by atoms with Crippen molar-refractivity contribution < 1.29 is 9.53 Å². The number of para-hydroxylation sites is 2. The molecule has 2 aromatic carbocycles. The zero-order valence-electron chi connectivity index (χ0n) is 16.8. The van der Waals surface area contributed by atoms with Gasteiger partial charge in [0.25, 0.3) is 0 Å². The fourth-order valence-electron chi connectivity index (χ4n) is 3.24. The maximum Gasteiger partial charge on any atom is 0.219 e. The fraction of sp³-hybridized carbons (Fsp3) is 0.391. The van der Waals surface area contributed by atoms with Crippen molar-refractivity contribution in [3.63, 3.8) is 0 Å². The van der Waals surface area contributed by atoms with Gasteiger partial charge in [0.15, 0.2) is 0 Å². The predicted octanol–water partition coefficient (Wildman–Crippen LogP) is 4.14. The number of fused-ring (bicyclic) bond motifs is 1. The highest BCUT2D eigenvalue weighted by Crippen LogP contribution is 2.18. The normalized spacial score (nSPS) is 10.9. The topological polar surface area (TPSA) is 56.2 Å². The summed E-state index contributed by atoms with van der Waals surface area (Å²) in [4.78, 5) is 16.3. The van der Waals surface area contributed by atoms with Crippen LogP contribution in [0.25, 0.3) is 11.0 Å². The smallest absolute Gasteiger partial charge is 0.219 e. The van der Waals surface area contributed by atoms with Gasteiger partial charge in [0, 0.05) is 25.9 Å². The van der Waals surface area contributed by atoms with Crippen LogP contribution in [0.4, 0.5) is 0 Å². The van der Waals surface area contributed by atoms with E-state index in [1.165, 1.54) is 5.56 Å². The second-order valence-electron chi connectivity index (χ2n) is 6.82. The molecule has 148 valence electrons.